The summed E-state index contributed by atoms with van der Waals surface area (Å²) in [6.45, 7) is 0. The molecule has 4 aromatic rings. The molecule has 3 nitrogen and oxygen atoms in total. The van der Waals surface area contributed by atoms with Gasteiger partial charge in [-0.05, 0) is 48.0 Å². The Kier molecular flexibility index (Phi) is 5.43. The SMILES string of the molecule is O=C(Nc1ccccc1)c1ccc(CSc2nc3cc(Cl)ccc3s2)cc1. The minimum absolute atomic E-state index is 0.108. The molecule has 0 aliphatic rings. The Morgan fingerprint density at radius 1 is 1.04 bits per heavy atom. The molecule has 1 heterocycles. The van der Waals surface area contributed by atoms with Crippen LogP contribution in [0.15, 0.2) is 77.1 Å². The number of halogens is 1. The molecule has 4 rings (SSSR count). The number of aromatic nitrogens is 1. The molecule has 0 fully saturated rings. The summed E-state index contributed by atoms with van der Waals surface area (Å²) in [5.41, 5.74) is 3.51. The van der Waals surface area contributed by atoms with E-state index in [1.54, 1.807) is 23.1 Å². The summed E-state index contributed by atoms with van der Waals surface area (Å²) < 4.78 is 2.15. The number of nitrogens with one attached hydrogen (secondary N) is 1. The molecule has 134 valence electrons. The van der Waals surface area contributed by atoms with Gasteiger partial charge in [-0.1, -0.05) is 53.7 Å². The van der Waals surface area contributed by atoms with E-state index in [-0.39, 0.29) is 5.91 Å². The number of carbonyl (C=O) groups excluding carboxylic acids is 1. The van der Waals surface area contributed by atoms with E-state index in [0.717, 1.165) is 31.6 Å². The molecule has 6 heteroatoms. The molecule has 1 amide bonds. The molecule has 0 saturated heterocycles. The van der Waals surface area contributed by atoms with Crippen LogP contribution in [0, 0.1) is 0 Å². The molecule has 1 aromatic heterocycles. The van der Waals surface area contributed by atoms with Crippen LogP contribution < -0.4 is 5.32 Å². The van der Waals surface area contributed by atoms with Crippen LogP contribution in [0.3, 0.4) is 0 Å². The Balaban J connectivity index is 1.39. The number of anilines is 1. The predicted octanol–water partition coefficient (Wildman–Crippen LogP) is 6.49. The number of fused-ring (bicyclic) bond motifs is 1. The van der Waals surface area contributed by atoms with E-state index in [1.165, 1.54) is 0 Å². The van der Waals surface area contributed by atoms with Crippen LogP contribution in [0.5, 0.6) is 0 Å². The Bertz CT molecular complexity index is 1080. The number of hydrogen-bond acceptors (Lipinski definition) is 4. The molecule has 0 radical (unpaired) electrons. The van der Waals surface area contributed by atoms with Crippen LogP contribution in [0.4, 0.5) is 5.69 Å². The van der Waals surface area contributed by atoms with Crippen molar-refractivity contribution in [3.8, 4) is 0 Å². The average molecular weight is 411 g/mol. The van der Waals surface area contributed by atoms with Gasteiger partial charge in [0.15, 0.2) is 4.34 Å². The maximum absolute atomic E-state index is 12.3. The van der Waals surface area contributed by atoms with Crippen LogP contribution in [-0.4, -0.2) is 10.9 Å². The van der Waals surface area contributed by atoms with E-state index < -0.39 is 0 Å². The Hall–Kier alpha value is -2.34. The molecule has 0 unspecified atom stereocenters. The summed E-state index contributed by atoms with van der Waals surface area (Å²) >= 11 is 9.37. The molecule has 0 atom stereocenters. The zero-order valence-electron chi connectivity index (χ0n) is 14.2. The van der Waals surface area contributed by atoms with Gasteiger partial charge in [0, 0.05) is 22.0 Å². The lowest BCUT2D eigenvalue weighted by Gasteiger charge is -2.06. The van der Waals surface area contributed by atoms with Crippen LogP contribution in [0.25, 0.3) is 10.2 Å². The van der Waals surface area contributed by atoms with Crippen molar-refractivity contribution in [3.05, 3.63) is 88.9 Å². The lowest BCUT2D eigenvalue weighted by atomic mass is 10.1. The van der Waals surface area contributed by atoms with Gasteiger partial charge < -0.3 is 5.32 Å². The molecule has 3 aromatic carbocycles. The van der Waals surface area contributed by atoms with Gasteiger partial charge >= 0.3 is 0 Å². The first kappa shape index (κ1) is 18.0. The number of amides is 1. The molecule has 0 aliphatic carbocycles. The molecule has 27 heavy (non-hydrogen) atoms. The van der Waals surface area contributed by atoms with E-state index in [4.69, 9.17) is 11.6 Å². The van der Waals surface area contributed by atoms with Gasteiger partial charge in [0.1, 0.15) is 0 Å². The molecule has 0 spiro atoms. The maximum atomic E-state index is 12.3. The summed E-state index contributed by atoms with van der Waals surface area (Å²) in [4.78, 5) is 16.9. The summed E-state index contributed by atoms with van der Waals surface area (Å²) in [5.74, 6) is 0.692. The summed E-state index contributed by atoms with van der Waals surface area (Å²) in [6.07, 6.45) is 0. The van der Waals surface area contributed by atoms with Gasteiger partial charge in [-0.3, -0.25) is 4.79 Å². The normalized spacial score (nSPS) is 10.9. The highest BCUT2D eigenvalue weighted by atomic mass is 35.5. The third-order valence-corrected chi connectivity index (χ3v) is 6.43. The zero-order valence-corrected chi connectivity index (χ0v) is 16.6. The predicted molar refractivity (Wildman–Crippen MR) is 115 cm³/mol. The lowest BCUT2D eigenvalue weighted by molar-refractivity contribution is 0.102. The van der Waals surface area contributed by atoms with E-state index in [1.807, 2.05) is 72.8 Å². The number of rotatable bonds is 5. The topological polar surface area (TPSA) is 42.0 Å². The number of benzene rings is 3. The van der Waals surface area contributed by atoms with E-state index in [0.29, 0.717) is 10.6 Å². The number of hydrogen-bond donors (Lipinski definition) is 1. The number of carbonyl (C=O) groups is 1. The smallest absolute Gasteiger partial charge is 0.255 e. The Labute approximate surface area is 170 Å². The Morgan fingerprint density at radius 2 is 1.81 bits per heavy atom. The van der Waals surface area contributed by atoms with Gasteiger partial charge in [0.2, 0.25) is 0 Å². The molecule has 0 aliphatic heterocycles. The molecular formula is C21H15ClN2OS2. The van der Waals surface area contributed by atoms with Crippen molar-refractivity contribution in [2.75, 3.05) is 5.32 Å². The van der Waals surface area contributed by atoms with Crippen LogP contribution in [0.1, 0.15) is 15.9 Å². The van der Waals surface area contributed by atoms with Crippen molar-refractivity contribution < 1.29 is 4.79 Å². The first-order valence-electron chi connectivity index (χ1n) is 8.32. The van der Waals surface area contributed by atoms with Crippen LogP contribution >= 0.6 is 34.7 Å². The molecular weight excluding hydrogens is 396 g/mol. The fourth-order valence-electron chi connectivity index (χ4n) is 2.56. The van der Waals surface area contributed by atoms with E-state index >= 15 is 0 Å². The number of para-hydroxylation sites is 1. The van der Waals surface area contributed by atoms with Crippen molar-refractivity contribution in [2.24, 2.45) is 0 Å². The van der Waals surface area contributed by atoms with E-state index in [9.17, 15) is 4.79 Å². The third kappa shape index (κ3) is 4.50. The van der Waals surface area contributed by atoms with Gasteiger partial charge in [0.05, 0.1) is 10.2 Å². The summed E-state index contributed by atoms with van der Waals surface area (Å²) in [6, 6.07) is 22.9. The lowest BCUT2D eigenvalue weighted by Crippen LogP contribution is -2.11. The summed E-state index contributed by atoms with van der Waals surface area (Å²) in [5, 5.41) is 3.59. The quantitative estimate of drug-likeness (QED) is 0.382. The van der Waals surface area contributed by atoms with Crippen LogP contribution in [0.2, 0.25) is 5.02 Å². The highest BCUT2D eigenvalue weighted by molar-refractivity contribution is 8.00. The van der Waals surface area contributed by atoms with Gasteiger partial charge in [-0.25, -0.2) is 4.98 Å². The molecule has 1 N–H and O–H groups in total. The Morgan fingerprint density at radius 3 is 2.59 bits per heavy atom. The third-order valence-electron chi connectivity index (χ3n) is 3.94. The van der Waals surface area contributed by atoms with Crippen molar-refractivity contribution in [2.45, 2.75) is 10.1 Å². The van der Waals surface area contributed by atoms with Crippen molar-refractivity contribution >= 4 is 56.5 Å². The minimum Gasteiger partial charge on any atom is -0.322 e. The van der Waals surface area contributed by atoms with Gasteiger partial charge in [-0.15, -0.1) is 11.3 Å². The number of thiazole rings is 1. The summed E-state index contributed by atoms with van der Waals surface area (Å²) in [7, 11) is 0. The first-order valence-corrected chi connectivity index (χ1v) is 10.5. The highest BCUT2D eigenvalue weighted by Gasteiger charge is 2.08. The van der Waals surface area contributed by atoms with Gasteiger partial charge in [-0.2, -0.15) is 0 Å². The second kappa shape index (κ2) is 8.13. The van der Waals surface area contributed by atoms with Crippen molar-refractivity contribution in [1.82, 2.24) is 4.98 Å². The number of thioether (sulfide) groups is 1. The maximum Gasteiger partial charge on any atom is 0.255 e. The highest BCUT2D eigenvalue weighted by Crippen LogP contribution is 2.32. The van der Waals surface area contributed by atoms with Crippen LogP contribution in [-0.2, 0) is 5.75 Å². The minimum atomic E-state index is -0.108. The fourth-order valence-corrected chi connectivity index (χ4v) is 4.73. The van der Waals surface area contributed by atoms with Crippen molar-refractivity contribution in [3.63, 3.8) is 0 Å². The van der Waals surface area contributed by atoms with E-state index in [2.05, 4.69) is 10.3 Å². The monoisotopic (exact) mass is 410 g/mol. The molecule has 0 saturated carbocycles. The van der Waals surface area contributed by atoms with Crippen molar-refractivity contribution in [1.29, 1.82) is 0 Å². The first-order chi connectivity index (χ1) is 13.2. The standard InChI is InChI=1S/C21H15ClN2OS2/c22-16-10-11-19-18(12-16)24-21(27-19)26-13-14-6-8-15(9-7-14)20(25)23-17-4-2-1-3-5-17/h1-12H,13H2,(H,23,25). The largest absolute Gasteiger partial charge is 0.322 e. The van der Waals surface area contributed by atoms with Gasteiger partial charge in [0.25, 0.3) is 5.91 Å². The fraction of sp³-hybridized carbons (Fsp3) is 0.0476. The average Bonchev–Trinajstić information content (AvgIpc) is 3.09. The number of nitrogens with zero attached hydrogens (tertiary/aromatic N) is 1. The second-order valence-electron chi connectivity index (χ2n) is 5.90. The zero-order chi connectivity index (χ0) is 18.6. The second-order valence-corrected chi connectivity index (χ2v) is 8.59. The molecule has 0 bridgehead atoms.